The molecule has 0 radical (unpaired) electrons. The van der Waals surface area contributed by atoms with Crippen LogP contribution >= 0.6 is 11.6 Å². The molecule has 1 aromatic rings. The van der Waals surface area contributed by atoms with Crippen molar-refractivity contribution in [1.29, 1.82) is 0 Å². The van der Waals surface area contributed by atoms with Crippen molar-refractivity contribution in [3.05, 3.63) is 28.8 Å². The molecule has 14 heavy (non-hydrogen) atoms. The van der Waals surface area contributed by atoms with Gasteiger partial charge in [-0.15, -0.1) is 0 Å². The number of oxime groups is 1. The highest BCUT2D eigenvalue weighted by Gasteiger charge is 2.00. The van der Waals surface area contributed by atoms with Gasteiger partial charge in [-0.1, -0.05) is 22.8 Å². The summed E-state index contributed by atoms with van der Waals surface area (Å²) in [7, 11) is 0. The Kier molecular flexibility index (Phi) is 3.48. The van der Waals surface area contributed by atoms with Crippen LogP contribution in [0.1, 0.15) is 5.56 Å². The highest BCUT2D eigenvalue weighted by molar-refractivity contribution is 6.33. The van der Waals surface area contributed by atoms with Gasteiger partial charge in [0.2, 0.25) is 0 Å². The van der Waals surface area contributed by atoms with Crippen LogP contribution < -0.4 is 5.32 Å². The zero-order chi connectivity index (χ0) is 10.6. The van der Waals surface area contributed by atoms with E-state index < -0.39 is 5.91 Å². The summed E-state index contributed by atoms with van der Waals surface area (Å²) in [5.74, 6) is -0.507. The van der Waals surface area contributed by atoms with Crippen LogP contribution in [-0.4, -0.2) is 17.3 Å². The molecule has 4 nitrogen and oxygen atoms in total. The minimum absolute atomic E-state index is 0.507. The molecule has 0 aliphatic carbocycles. The molecule has 0 aliphatic rings. The topological polar surface area (TPSA) is 61.7 Å². The first-order valence-electron chi connectivity index (χ1n) is 3.88. The number of hydrogen-bond acceptors (Lipinski definition) is 3. The van der Waals surface area contributed by atoms with Crippen LogP contribution in [0.15, 0.2) is 23.4 Å². The SMILES string of the molecule is Cc1ccc(NC(=O)/C=N\O)cc1Cl. The van der Waals surface area contributed by atoms with E-state index in [0.717, 1.165) is 11.8 Å². The molecule has 0 unspecified atom stereocenters. The highest BCUT2D eigenvalue weighted by Crippen LogP contribution is 2.19. The number of aryl methyl sites for hydroxylation is 1. The second-order valence-corrected chi connectivity index (χ2v) is 3.10. The van der Waals surface area contributed by atoms with Gasteiger partial charge in [-0.25, -0.2) is 0 Å². The average Bonchev–Trinajstić information content (AvgIpc) is 2.12. The van der Waals surface area contributed by atoms with E-state index in [1.165, 1.54) is 0 Å². The number of benzene rings is 1. The summed E-state index contributed by atoms with van der Waals surface area (Å²) < 4.78 is 0. The molecular weight excluding hydrogens is 204 g/mol. The molecule has 0 bridgehead atoms. The molecule has 2 N–H and O–H groups in total. The van der Waals surface area contributed by atoms with Crippen LogP contribution in [0.4, 0.5) is 5.69 Å². The maximum absolute atomic E-state index is 10.9. The summed E-state index contributed by atoms with van der Waals surface area (Å²) in [6.07, 6.45) is 0.772. The zero-order valence-electron chi connectivity index (χ0n) is 7.49. The van der Waals surface area contributed by atoms with Crippen LogP contribution in [0.5, 0.6) is 0 Å². The van der Waals surface area contributed by atoms with Crippen LogP contribution in [-0.2, 0) is 4.79 Å². The lowest BCUT2D eigenvalue weighted by atomic mass is 10.2. The molecule has 0 atom stereocenters. The van der Waals surface area contributed by atoms with Crippen molar-refractivity contribution in [2.45, 2.75) is 6.92 Å². The fourth-order valence-corrected chi connectivity index (χ4v) is 1.08. The van der Waals surface area contributed by atoms with Gasteiger partial charge in [0.15, 0.2) is 0 Å². The van der Waals surface area contributed by atoms with Crippen molar-refractivity contribution in [1.82, 2.24) is 0 Å². The van der Waals surface area contributed by atoms with E-state index in [9.17, 15) is 4.79 Å². The van der Waals surface area contributed by atoms with E-state index >= 15 is 0 Å². The summed E-state index contributed by atoms with van der Waals surface area (Å²) in [6.45, 7) is 1.86. The lowest BCUT2D eigenvalue weighted by Gasteiger charge is -2.03. The second-order valence-electron chi connectivity index (χ2n) is 2.70. The predicted octanol–water partition coefficient (Wildman–Crippen LogP) is 2.05. The van der Waals surface area contributed by atoms with Gasteiger partial charge in [-0.2, -0.15) is 0 Å². The molecule has 74 valence electrons. The van der Waals surface area contributed by atoms with Crippen molar-refractivity contribution < 1.29 is 10.0 Å². The Labute approximate surface area is 86.2 Å². The van der Waals surface area contributed by atoms with Crippen LogP contribution in [0, 0.1) is 6.92 Å². The number of anilines is 1. The van der Waals surface area contributed by atoms with Gasteiger partial charge in [-0.05, 0) is 24.6 Å². The Bertz CT molecular complexity index is 377. The molecule has 0 fully saturated rings. The van der Waals surface area contributed by atoms with Crippen molar-refractivity contribution in [3.63, 3.8) is 0 Å². The second kappa shape index (κ2) is 4.62. The number of rotatable bonds is 2. The summed E-state index contributed by atoms with van der Waals surface area (Å²) in [5.41, 5.74) is 1.49. The number of nitrogens with one attached hydrogen (secondary N) is 1. The molecule has 5 heteroatoms. The average molecular weight is 213 g/mol. The fraction of sp³-hybridized carbons (Fsp3) is 0.111. The van der Waals surface area contributed by atoms with Crippen molar-refractivity contribution in [2.24, 2.45) is 5.16 Å². The molecule has 0 aliphatic heterocycles. The highest BCUT2D eigenvalue weighted by atomic mass is 35.5. The van der Waals surface area contributed by atoms with E-state index in [0.29, 0.717) is 10.7 Å². The van der Waals surface area contributed by atoms with Gasteiger partial charge in [0.1, 0.15) is 6.21 Å². The Morgan fingerprint density at radius 3 is 2.93 bits per heavy atom. The summed E-state index contributed by atoms with van der Waals surface area (Å²) in [4.78, 5) is 10.9. The lowest BCUT2D eigenvalue weighted by molar-refractivity contribution is -0.110. The standard InChI is InChI=1S/C9H9ClN2O2/c1-6-2-3-7(4-8(6)10)12-9(13)5-11-14/h2-5,14H,1H3,(H,12,13)/b11-5-. The monoisotopic (exact) mass is 212 g/mol. The third kappa shape index (κ3) is 2.74. The van der Waals surface area contributed by atoms with Gasteiger partial charge >= 0.3 is 0 Å². The van der Waals surface area contributed by atoms with E-state index in [-0.39, 0.29) is 0 Å². The lowest BCUT2D eigenvalue weighted by Crippen LogP contribution is -2.12. The van der Waals surface area contributed by atoms with Crippen LogP contribution in [0.2, 0.25) is 5.02 Å². The van der Waals surface area contributed by atoms with Crippen molar-refractivity contribution in [3.8, 4) is 0 Å². The summed E-state index contributed by atoms with van der Waals surface area (Å²) in [6, 6.07) is 5.12. The predicted molar refractivity (Wildman–Crippen MR) is 55.1 cm³/mol. The van der Waals surface area contributed by atoms with E-state index in [1.807, 2.05) is 6.92 Å². The molecule has 0 heterocycles. The van der Waals surface area contributed by atoms with Crippen LogP contribution in [0.3, 0.4) is 0 Å². The fourth-order valence-electron chi connectivity index (χ4n) is 0.898. The number of carbonyl (C=O) groups excluding carboxylic acids is 1. The summed E-state index contributed by atoms with van der Waals surface area (Å²) in [5, 5.41) is 13.7. The third-order valence-corrected chi connectivity index (χ3v) is 2.02. The Morgan fingerprint density at radius 2 is 2.36 bits per heavy atom. The number of halogens is 1. The Hall–Kier alpha value is -1.55. The van der Waals surface area contributed by atoms with Gasteiger partial charge in [0, 0.05) is 10.7 Å². The number of amides is 1. The van der Waals surface area contributed by atoms with E-state index in [2.05, 4.69) is 10.5 Å². The van der Waals surface area contributed by atoms with E-state index in [4.69, 9.17) is 16.8 Å². The molecule has 1 amide bonds. The van der Waals surface area contributed by atoms with E-state index in [1.54, 1.807) is 18.2 Å². The Morgan fingerprint density at radius 1 is 1.64 bits per heavy atom. The first-order chi connectivity index (χ1) is 6.63. The zero-order valence-corrected chi connectivity index (χ0v) is 8.25. The normalized spacial score (nSPS) is 10.4. The largest absolute Gasteiger partial charge is 0.411 e. The first-order valence-corrected chi connectivity index (χ1v) is 4.26. The minimum atomic E-state index is -0.507. The summed E-state index contributed by atoms with van der Waals surface area (Å²) >= 11 is 5.84. The van der Waals surface area contributed by atoms with Crippen molar-refractivity contribution >= 4 is 29.4 Å². The molecule has 0 saturated heterocycles. The molecule has 0 aromatic heterocycles. The molecular formula is C9H9ClN2O2. The van der Waals surface area contributed by atoms with Gasteiger partial charge in [0.25, 0.3) is 5.91 Å². The molecule has 1 aromatic carbocycles. The maximum atomic E-state index is 10.9. The molecule has 0 spiro atoms. The maximum Gasteiger partial charge on any atom is 0.270 e. The minimum Gasteiger partial charge on any atom is -0.411 e. The smallest absolute Gasteiger partial charge is 0.270 e. The molecule has 0 saturated carbocycles. The molecule has 1 rings (SSSR count). The number of carbonyl (C=O) groups is 1. The van der Waals surface area contributed by atoms with Gasteiger partial charge in [0.05, 0.1) is 0 Å². The first kappa shape index (κ1) is 10.5. The Balaban J connectivity index is 2.78. The van der Waals surface area contributed by atoms with Crippen molar-refractivity contribution in [2.75, 3.05) is 5.32 Å². The number of hydrogen-bond donors (Lipinski definition) is 2. The van der Waals surface area contributed by atoms with Gasteiger partial charge < -0.3 is 10.5 Å². The number of nitrogens with zero attached hydrogens (tertiary/aromatic N) is 1. The van der Waals surface area contributed by atoms with Gasteiger partial charge in [-0.3, -0.25) is 4.79 Å². The third-order valence-electron chi connectivity index (χ3n) is 1.61. The quantitative estimate of drug-likeness (QED) is 0.448. The van der Waals surface area contributed by atoms with Crippen LogP contribution in [0.25, 0.3) is 0 Å².